The van der Waals surface area contributed by atoms with Gasteiger partial charge in [-0.2, -0.15) is 13.2 Å². The first-order valence-corrected chi connectivity index (χ1v) is 6.03. The summed E-state index contributed by atoms with van der Waals surface area (Å²) in [6.45, 7) is 0. The molecule has 1 unspecified atom stereocenters. The predicted molar refractivity (Wildman–Crippen MR) is 68.5 cm³/mol. The van der Waals surface area contributed by atoms with Crippen molar-refractivity contribution in [1.82, 2.24) is 0 Å². The molecule has 21 heavy (non-hydrogen) atoms. The number of aliphatic hydroxyl groups is 1. The summed E-state index contributed by atoms with van der Waals surface area (Å²) in [7, 11) is 1.36. The Morgan fingerprint density at radius 2 is 1.62 bits per heavy atom. The van der Waals surface area contributed by atoms with Gasteiger partial charge in [0.1, 0.15) is 17.7 Å². The Morgan fingerprint density at radius 3 is 2.24 bits per heavy atom. The monoisotopic (exact) mass is 300 g/mol. The Balaban J connectivity index is 2.52. The molecule has 0 saturated carbocycles. The van der Waals surface area contributed by atoms with E-state index in [4.69, 9.17) is 4.74 Å². The van der Waals surface area contributed by atoms with Crippen molar-refractivity contribution in [2.24, 2.45) is 0 Å². The van der Waals surface area contributed by atoms with Crippen molar-refractivity contribution < 1.29 is 27.4 Å². The van der Waals surface area contributed by atoms with Gasteiger partial charge in [0.15, 0.2) is 0 Å². The normalized spacial score (nSPS) is 13.0. The van der Waals surface area contributed by atoms with Crippen LogP contribution in [0.5, 0.6) is 5.75 Å². The fourth-order valence-corrected chi connectivity index (χ4v) is 2.04. The molecule has 0 aliphatic carbocycles. The molecule has 0 radical (unpaired) electrons. The maximum atomic E-state index is 14.0. The van der Waals surface area contributed by atoms with Gasteiger partial charge in [-0.3, -0.25) is 0 Å². The number of alkyl halides is 3. The maximum absolute atomic E-state index is 14.0. The van der Waals surface area contributed by atoms with E-state index in [1.807, 2.05) is 0 Å². The van der Waals surface area contributed by atoms with Crippen LogP contribution in [0.3, 0.4) is 0 Å². The first-order chi connectivity index (χ1) is 9.86. The molecule has 0 heterocycles. The molecule has 0 amide bonds. The lowest BCUT2D eigenvalue weighted by atomic mass is 9.98. The fraction of sp³-hybridized carbons (Fsp3) is 0.200. The van der Waals surface area contributed by atoms with Crippen LogP contribution in [-0.2, 0) is 6.18 Å². The van der Waals surface area contributed by atoms with Crippen LogP contribution in [0.25, 0.3) is 0 Å². The van der Waals surface area contributed by atoms with Crippen LogP contribution >= 0.6 is 0 Å². The van der Waals surface area contributed by atoms with Gasteiger partial charge in [-0.05, 0) is 12.1 Å². The summed E-state index contributed by atoms with van der Waals surface area (Å²) < 4.78 is 57.1. The minimum atomic E-state index is -4.82. The summed E-state index contributed by atoms with van der Waals surface area (Å²) in [4.78, 5) is 0. The fourth-order valence-electron chi connectivity index (χ4n) is 2.04. The molecule has 0 aromatic heterocycles. The van der Waals surface area contributed by atoms with Gasteiger partial charge in [0.2, 0.25) is 0 Å². The quantitative estimate of drug-likeness (QED) is 0.870. The molecule has 1 N–H and O–H groups in total. The van der Waals surface area contributed by atoms with Crippen molar-refractivity contribution in [2.75, 3.05) is 7.11 Å². The van der Waals surface area contributed by atoms with E-state index in [9.17, 15) is 22.7 Å². The largest absolute Gasteiger partial charge is 0.496 e. The van der Waals surface area contributed by atoms with Crippen LogP contribution < -0.4 is 4.74 Å². The van der Waals surface area contributed by atoms with Gasteiger partial charge in [-0.1, -0.05) is 30.3 Å². The molecule has 2 rings (SSSR count). The first kappa shape index (κ1) is 15.3. The molecule has 0 fully saturated rings. The average molecular weight is 300 g/mol. The van der Waals surface area contributed by atoms with Crippen molar-refractivity contribution in [3.8, 4) is 5.75 Å². The van der Waals surface area contributed by atoms with E-state index in [1.54, 1.807) is 12.1 Å². The molecule has 0 aliphatic rings. The minimum absolute atomic E-state index is 0.193. The number of hydrogen-bond acceptors (Lipinski definition) is 2. The van der Waals surface area contributed by atoms with Gasteiger partial charge in [-0.25, -0.2) is 4.39 Å². The van der Waals surface area contributed by atoms with Crippen LogP contribution in [0.15, 0.2) is 42.5 Å². The van der Waals surface area contributed by atoms with E-state index in [1.165, 1.54) is 19.2 Å². The number of rotatable bonds is 3. The second-order valence-electron chi connectivity index (χ2n) is 4.35. The highest BCUT2D eigenvalue weighted by Gasteiger charge is 2.36. The van der Waals surface area contributed by atoms with Crippen molar-refractivity contribution in [2.45, 2.75) is 12.3 Å². The van der Waals surface area contributed by atoms with Gasteiger partial charge < -0.3 is 9.84 Å². The molecule has 2 aromatic rings. The van der Waals surface area contributed by atoms with Gasteiger partial charge in [-0.15, -0.1) is 0 Å². The highest BCUT2D eigenvalue weighted by atomic mass is 19.4. The van der Waals surface area contributed by atoms with Gasteiger partial charge in [0.05, 0.1) is 12.7 Å². The van der Waals surface area contributed by atoms with E-state index in [-0.39, 0.29) is 11.3 Å². The molecular weight excluding hydrogens is 288 g/mol. The van der Waals surface area contributed by atoms with Crippen molar-refractivity contribution in [1.29, 1.82) is 0 Å². The lowest BCUT2D eigenvalue weighted by Crippen LogP contribution is -2.12. The minimum Gasteiger partial charge on any atom is -0.496 e. The molecule has 0 spiro atoms. The Morgan fingerprint density at radius 1 is 1.00 bits per heavy atom. The van der Waals surface area contributed by atoms with Crippen LogP contribution in [0.2, 0.25) is 0 Å². The number of hydrogen-bond donors (Lipinski definition) is 1. The number of aliphatic hydroxyl groups excluding tert-OH is 1. The Hall–Kier alpha value is -2.08. The molecule has 2 nitrogen and oxygen atoms in total. The van der Waals surface area contributed by atoms with Crippen molar-refractivity contribution >= 4 is 0 Å². The summed E-state index contributed by atoms with van der Waals surface area (Å²) in [6.07, 6.45) is -6.37. The Kier molecular flexibility index (Phi) is 4.18. The zero-order valence-electron chi connectivity index (χ0n) is 11.0. The van der Waals surface area contributed by atoms with Gasteiger partial charge >= 0.3 is 6.18 Å². The predicted octanol–water partition coefficient (Wildman–Crippen LogP) is 3.93. The number of methoxy groups -OCH3 is 1. The summed E-state index contributed by atoms with van der Waals surface area (Å²) in [5.41, 5.74) is -1.67. The number of ether oxygens (including phenoxy) is 1. The van der Waals surface area contributed by atoms with Crippen molar-refractivity contribution in [3.05, 3.63) is 65.0 Å². The molecule has 2 aromatic carbocycles. The summed E-state index contributed by atoms with van der Waals surface area (Å²) >= 11 is 0. The van der Waals surface area contributed by atoms with Gasteiger partial charge in [0, 0.05) is 11.1 Å². The van der Waals surface area contributed by atoms with Crippen LogP contribution in [-0.4, -0.2) is 12.2 Å². The molecule has 0 saturated heterocycles. The lowest BCUT2D eigenvalue weighted by Gasteiger charge is -2.17. The third-order valence-electron chi connectivity index (χ3n) is 3.06. The first-order valence-electron chi connectivity index (χ1n) is 6.03. The molecule has 0 aliphatic heterocycles. The molecular formula is C15H12F4O2. The third-order valence-corrected chi connectivity index (χ3v) is 3.06. The second-order valence-corrected chi connectivity index (χ2v) is 4.35. The SMILES string of the molecule is COc1ccccc1C(O)c1cccc(C(F)(F)F)c1F. The summed E-state index contributed by atoms with van der Waals surface area (Å²) in [5.74, 6) is -1.22. The Labute approximate surface area is 118 Å². The molecule has 112 valence electrons. The van der Waals surface area contributed by atoms with E-state index in [0.717, 1.165) is 12.1 Å². The smallest absolute Gasteiger partial charge is 0.419 e. The second kappa shape index (κ2) is 5.73. The number of halogens is 4. The average Bonchev–Trinajstić information content (AvgIpc) is 2.45. The summed E-state index contributed by atoms with van der Waals surface area (Å²) in [6, 6.07) is 9.01. The highest BCUT2D eigenvalue weighted by Crippen LogP contribution is 2.36. The zero-order valence-corrected chi connectivity index (χ0v) is 11.0. The zero-order chi connectivity index (χ0) is 15.6. The molecule has 6 heteroatoms. The van der Waals surface area contributed by atoms with Crippen LogP contribution in [0, 0.1) is 5.82 Å². The van der Waals surface area contributed by atoms with E-state index in [2.05, 4.69) is 0 Å². The number of para-hydroxylation sites is 1. The van der Waals surface area contributed by atoms with Crippen LogP contribution in [0.4, 0.5) is 17.6 Å². The van der Waals surface area contributed by atoms with E-state index in [0.29, 0.717) is 6.07 Å². The van der Waals surface area contributed by atoms with Crippen molar-refractivity contribution in [3.63, 3.8) is 0 Å². The molecule has 0 bridgehead atoms. The van der Waals surface area contributed by atoms with E-state index >= 15 is 0 Å². The van der Waals surface area contributed by atoms with E-state index < -0.39 is 29.2 Å². The number of benzene rings is 2. The highest BCUT2D eigenvalue weighted by molar-refractivity contribution is 5.42. The lowest BCUT2D eigenvalue weighted by molar-refractivity contribution is -0.140. The maximum Gasteiger partial charge on any atom is 0.419 e. The standard InChI is InChI=1S/C15H12F4O2/c1-21-12-8-3-2-5-9(12)14(20)10-6-4-7-11(13(10)16)15(17,18)19/h2-8,14,20H,1H3. The Bertz CT molecular complexity index is 638. The topological polar surface area (TPSA) is 29.5 Å². The van der Waals surface area contributed by atoms with Gasteiger partial charge in [0.25, 0.3) is 0 Å². The third kappa shape index (κ3) is 3.00. The summed E-state index contributed by atoms with van der Waals surface area (Å²) in [5, 5.41) is 10.2. The van der Waals surface area contributed by atoms with Crippen LogP contribution in [0.1, 0.15) is 22.8 Å². The molecule has 1 atom stereocenters.